The second kappa shape index (κ2) is 7.53. The fourth-order valence-electron chi connectivity index (χ4n) is 1.01. The predicted octanol–water partition coefficient (Wildman–Crippen LogP) is -0.00870. The van der Waals surface area contributed by atoms with E-state index in [0.717, 1.165) is 0 Å². The van der Waals surface area contributed by atoms with Crippen molar-refractivity contribution in [1.29, 1.82) is 0 Å². The van der Waals surface area contributed by atoms with E-state index in [1.807, 2.05) is 32.0 Å². The number of aliphatic hydroxyl groups excluding tert-OH is 1. The Balaban J connectivity index is 3.55. The summed E-state index contributed by atoms with van der Waals surface area (Å²) in [6.45, 7) is 2.74. The number of hydrogen-bond donors (Lipinski definition) is 2. The molecular formula is C10H20N2O2. The van der Waals surface area contributed by atoms with Gasteiger partial charge in [0.1, 0.15) is 0 Å². The van der Waals surface area contributed by atoms with Gasteiger partial charge in [-0.25, -0.2) is 0 Å². The number of nitrogens with zero attached hydrogens (tertiary/aromatic N) is 1. The molecule has 0 aromatic carbocycles. The van der Waals surface area contributed by atoms with Crippen LogP contribution in [0.2, 0.25) is 0 Å². The van der Waals surface area contributed by atoms with Crippen molar-refractivity contribution < 1.29 is 9.90 Å². The third-order valence-electron chi connectivity index (χ3n) is 1.65. The lowest BCUT2D eigenvalue weighted by Gasteiger charge is -2.16. The molecule has 0 saturated carbocycles. The molecule has 0 fully saturated rings. The van der Waals surface area contributed by atoms with Crippen LogP contribution in [0.15, 0.2) is 12.2 Å². The number of carbonyl (C=O) groups is 1. The van der Waals surface area contributed by atoms with Crippen molar-refractivity contribution in [3.8, 4) is 0 Å². The van der Waals surface area contributed by atoms with Gasteiger partial charge >= 0.3 is 0 Å². The largest absolute Gasteiger partial charge is 0.390 e. The van der Waals surface area contributed by atoms with E-state index >= 15 is 0 Å². The lowest BCUT2D eigenvalue weighted by atomic mass is 10.3. The zero-order valence-corrected chi connectivity index (χ0v) is 9.16. The molecule has 0 rings (SSSR count). The minimum Gasteiger partial charge on any atom is -0.390 e. The summed E-state index contributed by atoms with van der Waals surface area (Å²) in [6.07, 6.45) is 3.49. The molecule has 1 unspecified atom stereocenters. The number of nitrogens with one attached hydrogen (secondary N) is 1. The minimum atomic E-state index is -0.500. The van der Waals surface area contributed by atoms with E-state index in [4.69, 9.17) is 0 Å². The van der Waals surface area contributed by atoms with Gasteiger partial charge in [0.05, 0.1) is 6.10 Å². The van der Waals surface area contributed by atoms with Crippen molar-refractivity contribution in [1.82, 2.24) is 10.2 Å². The van der Waals surface area contributed by atoms with E-state index in [9.17, 15) is 9.90 Å². The third-order valence-corrected chi connectivity index (χ3v) is 1.65. The second-order valence-corrected chi connectivity index (χ2v) is 3.49. The average Bonchev–Trinajstić information content (AvgIpc) is 2.10. The fourth-order valence-corrected chi connectivity index (χ4v) is 1.01. The van der Waals surface area contributed by atoms with Crippen LogP contribution in [-0.2, 0) is 4.79 Å². The van der Waals surface area contributed by atoms with Gasteiger partial charge < -0.3 is 15.3 Å². The molecule has 0 radical (unpaired) electrons. The second-order valence-electron chi connectivity index (χ2n) is 3.49. The summed E-state index contributed by atoms with van der Waals surface area (Å²) < 4.78 is 0. The Morgan fingerprint density at radius 3 is 2.71 bits per heavy atom. The number of amides is 1. The van der Waals surface area contributed by atoms with Crippen molar-refractivity contribution in [3.05, 3.63) is 12.2 Å². The lowest BCUT2D eigenvalue weighted by Crippen LogP contribution is -2.37. The zero-order chi connectivity index (χ0) is 11.0. The minimum absolute atomic E-state index is 0.0547. The SMILES string of the molecule is C/C=C\CC(=O)NCC(O)CN(C)C. The van der Waals surface area contributed by atoms with Gasteiger partial charge in [0.15, 0.2) is 0 Å². The van der Waals surface area contributed by atoms with Crippen molar-refractivity contribution in [3.63, 3.8) is 0 Å². The van der Waals surface area contributed by atoms with Gasteiger partial charge in [0.2, 0.25) is 5.91 Å². The van der Waals surface area contributed by atoms with E-state index in [1.165, 1.54) is 0 Å². The van der Waals surface area contributed by atoms with Crippen molar-refractivity contribution in [2.24, 2.45) is 0 Å². The molecule has 0 aliphatic carbocycles. The molecule has 82 valence electrons. The first-order valence-corrected chi connectivity index (χ1v) is 4.77. The van der Waals surface area contributed by atoms with E-state index in [0.29, 0.717) is 19.5 Å². The normalized spacial score (nSPS) is 13.5. The Labute approximate surface area is 85.6 Å². The van der Waals surface area contributed by atoms with E-state index in [-0.39, 0.29) is 5.91 Å². The van der Waals surface area contributed by atoms with E-state index in [2.05, 4.69) is 5.32 Å². The maximum absolute atomic E-state index is 11.1. The van der Waals surface area contributed by atoms with Crippen LogP contribution in [0.3, 0.4) is 0 Å². The number of hydrogen-bond acceptors (Lipinski definition) is 3. The summed E-state index contributed by atoms with van der Waals surface area (Å²) in [5.74, 6) is -0.0547. The molecular weight excluding hydrogens is 180 g/mol. The van der Waals surface area contributed by atoms with Crippen LogP contribution in [0.25, 0.3) is 0 Å². The van der Waals surface area contributed by atoms with Gasteiger partial charge in [0, 0.05) is 19.5 Å². The summed E-state index contributed by atoms with van der Waals surface area (Å²) in [6, 6.07) is 0. The summed E-state index contributed by atoms with van der Waals surface area (Å²) in [5, 5.41) is 12.1. The summed E-state index contributed by atoms with van der Waals surface area (Å²) in [4.78, 5) is 13.0. The Hall–Kier alpha value is -0.870. The average molecular weight is 200 g/mol. The molecule has 14 heavy (non-hydrogen) atoms. The molecule has 0 aromatic heterocycles. The Kier molecular flexibility index (Phi) is 7.06. The quantitative estimate of drug-likeness (QED) is 0.593. The molecule has 0 bridgehead atoms. The molecule has 0 aliphatic rings. The lowest BCUT2D eigenvalue weighted by molar-refractivity contribution is -0.120. The third kappa shape index (κ3) is 7.76. The van der Waals surface area contributed by atoms with Gasteiger partial charge in [-0.3, -0.25) is 4.79 Å². The smallest absolute Gasteiger partial charge is 0.223 e. The van der Waals surface area contributed by atoms with Gasteiger partial charge in [0.25, 0.3) is 0 Å². The van der Waals surface area contributed by atoms with Crippen LogP contribution in [0.1, 0.15) is 13.3 Å². The molecule has 0 saturated heterocycles. The van der Waals surface area contributed by atoms with Crippen LogP contribution in [0.5, 0.6) is 0 Å². The summed E-state index contributed by atoms with van der Waals surface area (Å²) in [7, 11) is 3.76. The zero-order valence-electron chi connectivity index (χ0n) is 9.16. The maximum atomic E-state index is 11.1. The first-order chi connectivity index (χ1) is 6.56. The van der Waals surface area contributed by atoms with Crippen LogP contribution < -0.4 is 5.32 Å². The fraction of sp³-hybridized carbons (Fsp3) is 0.700. The topological polar surface area (TPSA) is 52.6 Å². The number of allylic oxidation sites excluding steroid dienone is 1. The summed E-state index contributed by atoms with van der Waals surface area (Å²) in [5.41, 5.74) is 0. The predicted molar refractivity (Wildman–Crippen MR) is 57.0 cm³/mol. The number of rotatable bonds is 6. The first-order valence-electron chi connectivity index (χ1n) is 4.77. The molecule has 0 aliphatic heterocycles. The highest BCUT2D eigenvalue weighted by Gasteiger charge is 2.06. The first kappa shape index (κ1) is 13.1. The molecule has 0 heterocycles. The highest BCUT2D eigenvalue weighted by atomic mass is 16.3. The van der Waals surface area contributed by atoms with Crippen LogP contribution >= 0.6 is 0 Å². The van der Waals surface area contributed by atoms with E-state index in [1.54, 1.807) is 6.08 Å². The Bertz CT molecular complexity index is 191. The number of carbonyl (C=O) groups excluding carboxylic acids is 1. The summed E-state index contributed by atoms with van der Waals surface area (Å²) >= 11 is 0. The van der Waals surface area contributed by atoms with Crippen molar-refractivity contribution >= 4 is 5.91 Å². The van der Waals surface area contributed by atoms with Gasteiger partial charge in [-0.15, -0.1) is 0 Å². The van der Waals surface area contributed by atoms with E-state index < -0.39 is 6.10 Å². The number of likely N-dealkylation sites (N-methyl/N-ethyl adjacent to an activating group) is 1. The number of aliphatic hydroxyl groups is 1. The molecule has 0 aromatic rings. The standard InChI is InChI=1S/C10H20N2O2/c1-4-5-6-10(14)11-7-9(13)8-12(2)3/h4-5,9,13H,6-8H2,1-3H3,(H,11,14)/b5-4-. The van der Waals surface area contributed by atoms with Crippen LogP contribution in [0, 0.1) is 0 Å². The van der Waals surface area contributed by atoms with Gasteiger partial charge in [-0.1, -0.05) is 12.2 Å². The molecule has 4 nitrogen and oxygen atoms in total. The Morgan fingerprint density at radius 2 is 2.21 bits per heavy atom. The molecule has 2 N–H and O–H groups in total. The van der Waals surface area contributed by atoms with Crippen LogP contribution in [0.4, 0.5) is 0 Å². The highest BCUT2D eigenvalue weighted by Crippen LogP contribution is 1.86. The van der Waals surface area contributed by atoms with Crippen LogP contribution in [-0.4, -0.2) is 49.2 Å². The highest BCUT2D eigenvalue weighted by molar-refractivity contribution is 5.77. The maximum Gasteiger partial charge on any atom is 0.223 e. The molecule has 0 spiro atoms. The molecule has 1 amide bonds. The Morgan fingerprint density at radius 1 is 1.57 bits per heavy atom. The van der Waals surface area contributed by atoms with Crippen molar-refractivity contribution in [2.45, 2.75) is 19.4 Å². The monoisotopic (exact) mass is 200 g/mol. The van der Waals surface area contributed by atoms with Crippen molar-refractivity contribution in [2.75, 3.05) is 27.2 Å². The molecule has 1 atom stereocenters. The van der Waals surface area contributed by atoms with Gasteiger partial charge in [-0.05, 0) is 21.0 Å². The van der Waals surface area contributed by atoms with Gasteiger partial charge in [-0.2, -0.15) is 0 Å². The molecule has 4 heteroatoms.